The van der Waals surface area contributed by atoms with Crippen LogP contribution in [-0.4, -0.2) is 45.5 Å². The third-order valence-electron chi connectivity index (χ3n) is 5.91. The Kier molecular flexibility index (Phi) is 7.33. The fraction of sp³-hybridized carbons (Fsp3) is 0.682. The minimum absolute atomic E-state index is 0.505. The van der Waals surface area contributed by atoms with E-state index in [1.807, 2.05) is 12.4 Å². The molecule has 1 aliphatic carbocycles. The van der Waals surface area contributed by atoms with E-state index < -0.39 is 0 Å². The van der Waals surface area contributed by atoms with Crippen LogP contribution in [0.3, 0.4) is 0 Å². The second kappa shape index (κ2) is 10.3. The highest BCUT2D eigenvalue weighted by atomic mass is 32.1. The maximum absolute atomic E-state index is 4.85. The molecule has 7 heteroatoms. The molecule has 158 valence electrons. The van der Waals surface area contributed by atoms with Gasteiger partial charge in [0.1, 0.15) is 10.8 Å². The molecule has 2 aromatic heterocycles. The fourth-order valence-corrected chi connectivity index (χ4v) is 5.18. The molecule has 6 nitrogen and oxygen atoms in total. The quantitative estimate of drug-likeness (QED) is 0.553. The average molecular weight is 415 g/mol. The maximum Gasteiger partial charge on any atom is 0.224 e. The molecule has 0 spiro atoms. The molecule has 29 heavy (non-hydrogen) atoms. The molecule has 0 unspecified atom stereocenters. The van der Waals surface area contributed by atoms with Gasteiger partial charge in [-0.15, -0.1) is 11.3 Å². The van der Waals surface area contributed by atoms with Crippen LogP contribution in [0.4, 0.5) is 11.8 Å². The second-order valence-electron chi connectivity index (χ2n) is 8.33. The third-order valence-corrected chi connectivity index (χ3v) is 6.93. The number of nitrogens with zero attached hydrogens (tertiary/aromatic N) is 4. The van der Waals surface area contributed by atoms with Crippen LogP contribution in [0.25, 0.3) is 10.6 Å². The van der Waals surface area contributed by atoms with Crippen LogP contribution >= 0.6 is 11.3 Å². The molecule has 1 saturated heterocycles. The summed E-state index contributed by atoms with van der Waals surface area (Å²) in [6.45, 7) is 6.55. The molecule has 0 aromatic carbocycles. The summed E-state index contributed by atoms with van der Waals surface area (Å²) in [6.07, 6.45) is 15.3. The van der Waals surface area contributed by atoms with Crippen LogP contribution in [0.15, 0.2) is 12.4 Å². The van der Waals surface area contributed by atoms with Gasteiger partial charge in [-0.1, -0.05) is 32.6 Å². The Labute approximate surface area is 178 Å². The second-order valence-corrected chi connectivity index (χ2v) is 9.45. The Morgan fingerprint density at radius 3 is 2.69 bits per heavy atom. The predicted molar refractivity (Wildman–Crippen MR) is 122 cm³/mol. The van der Waals surface area contributed by atoms with Crippen LogP contribution in [0.2, 0.25) is 0 Å². The van der Waals surface area contributed by atoms with Gasteiger partial charge in [0, 0.05) is 36.4 Å². The molecular weight excluding hydrogens is 380 g/mol. The lowest BCUT2D eigenvalue weighted by Crippen LogP contribution is -2.23. The van der Waals surface area contributed by atoms with Gasteiger partial charge in [0.15, 0.2) is 0 Å². The molecule has 0 bridgehead atoms. The van der Waals surface area contributed by atoms with Gasteiger partial charge < -0.3 is 10.6 Å². The number of aromatic nitrogens is 3. The predicted octanol–water partition coefficient (Wildman–Crippen LogP) is 5.15. The summed E-state index contributed by atoms with van der Waals surface area (Å²) < 4.78 is 0. The van der Waals surface area contributed by atoms with E-state index in [0.29, 0.717) is 12.0 Å². The van der Waals surface area contributed by atoms with E-state index in [4.69, 9.17) is 9.97 Å². The van der Waals surface area contributed by atoms with E-state index in [-0.39, 0.29) is 0 Å². The summed E-state index contributed by atoms with van der Waals surface area (Å²) in [6, 6.07) is 0.505. The summed E-state index contributed by atoms with van der Waals surface area (Å²) in [7, 11) is 0. The van der Waals surface area contributed by atoms with Gasteiger partial charge in [0.05, 0.1) is 5.56 Å². The summed E-state index contributed by atoms with van der Waals surface area (Å²) >= 11 is 1.78. The van der Waals surface area contributed by atoms with Gasteiger partial charge in [-0.05, 0) is 45.2 Å². The largest absolute Gasteiger partial charge is 0.367 e. The van der Waals surface area contributed by atoms with Gasteiger partial charge >= 0.3 is 0 Å². The molecule has 0 atom stereocenters. The van der Waals surface area contributed by atoms with Crippen molar-refractivity contribution in [3.05, 3.63) is 17.3 Å². The summed E-state index contributed by atoms with van der Waals surface area (Å²) in [5.41, 5.74) is 1.04. The number of unbranched alkanes of at least 4 members (excludes halogenated alkanes) is 1. The zero-order chi connectivity index (χ0) is 19.9. The Morgan fingerprint density at radius 1 is 1.07 bits per heavy atom. The average Bonchev–Trinajstić information content (AvgIpc) is 3.42. The van der Waals surface area contributed by atoms with Crippen molar-refractivity contribution in [2.45, 2.75) is 77.3 Å². The molecule has 1 saturated carbocycles. The zero-order valence-electron chi connectivity index (χ0n) is 17.6. The van der Waals surface area contributed by atoms with Gasteiger partial charge in [-0.25, -0.2) is 9.97 Å². The Hall–Kier alpha value is -1.73. The number of rotatable bonds is 9. The smallest absolute Gasteiger partial charge is 0.224 e. The van der Waals surface area contributed by atoms with Gasteiger partial charge in [0.2, 0.25) is 5.95 Å². The number of anilines is 2. The lowest BCUT2D eigenvalue weighted by atomic mass is 9.95. The molecule has 2 aromatic rings. The Balaban J connectivity index is 1.52. The third kappa shape index (κ3) is 5.66. The van der Waals surface area contributed by atoms with E-state index in [0.717, 1.165) is 42.3 Å². The van der Waals surface area contributed by atoms with Crippen molar-refractivity contribution in [1.82, 2.24) is 19.9 Å². The first kappa shape index (κ1) is 20.5. The molecule has 2 fully saturated rings. The fourth-order valence-electron chi connectivity index (χ4n) is 4.22. The van der Waals surface area contributed by atoms with Crippen molar-refractivity contribution in [3.8, 4) is 10.6 Å². The van der Waals surface area contributed by atoms with Crippen molar-refractivity contribution >= 4 is 23.1 Å². The molecule has 0 radical (unpaired) electrons. The van der Waals surface area contributed by atoms with Crippen LogP contribution in [0.1, 0.15) is 69.6 Å². The van der Waals surface area contributed by atoms with E-state index in [1.54, 1.807) is 11.3 Å². The lowest BCUT2D eigenvalue weighted by Gasteiger charge is -2.24. The summed E-state index contributed by atoms with van der Waals surface area (Å²) in [5.74, 6) is 1.65. The van der Waals surface area contributed by atoms with E-state index in [1.165, 1.54) is 62.9 Å². The van der Waals surface area contributed by atoms with Crippen LogP contribution in [-0.2, 0) is 6.54 Å². The first-order valence-electron chi connectivity index (χ1n) is 11.4. The highest BCUT2D eigenvalue weighted by Gasteiger charge is 2.19. The van der Waals surface area contributed by atoms with E-state index in [9.17, 15) is 0 Å². The van der Waals surface area contributed by atoms with E-state index >= 15 is 0 Å². The molecule has 2 N–H and O–H groups in total. The standard InChI is InChI=1S/C22H34N6S/c1-2-3-11-23-22-25-15-19(20(27-22)26-17-9-5-4-6-10-17)21-24-14-18(29-21)16-28-12-7-8-13-28/h14-15,17H,2-13,16H2,1H3,(H2,23,25,26,27). The number of hydrogen-bond donors (Lipinski definition) is 2. The first-order chi connectivity index (χ1) is 14.3. The lowest BCUT2D eigenvalue weighted by molar-refractivity contribution is 0.334. The van der Waals surface area contributed by atoms with Crippen molar-refractivity contribution in [3.63, 3.8) is 0 Å². The van der Waals surface area contributed by atoms with Gasteiger partial charge in [-0.2, -0.15) is 4.98 Å². The van der Waals surface area contributed by atoms with E-state index in [2.05, 4.69) is 27.4 Å². The molecule has 3 heterocycles. The van der Waals surface area contributed by atoms with Gasteiger partial charge in [0.25, 0.3) is 0 Å². The minimum atomic E-state index is 0.505. The summed E-state index contributed by atoms with van der Waals surface area (Å²) in [4.78, 5) is 18.0. The summed E-state index contributed by atoms with van der Waals surface area (Å²) in [5, 5.41) is 8.12. The highest BCUT2D eigenvalue weighted by Crippen LogP contribution is 2.33. The van der Waals surface area contributed by atoms with Crippen LogP contribution in [0.5, 0.6) is 0 Å². The molecule has 0 amide bonds. The normalized spacial score (nSPS) is 18.2. The molecule has 2 aliphatic rings. The number of hydrogen-bond acceptors (Lipinski definition) is 7. The van der Waals surface area contributed by atoms with Crippen molar-refractivity contribution < 1.29 is 0 Å². The van der Waals surface area contributed by atoms with Gasteiger partial charge in [-0.3, -0.25) is 4.90 Å². The maximum atomic E-state index is 4.85. The zero-order valence-corrected chi connectivity index (χ0v) is 18.4. The van der Waals surface area contributed by atoms with Crippen molar-refractivity contribution in [2.24, 2.45) is 0 Å². The Morgan fingerprint density at radius 2 is 1.90 bits per heavy atom. The molecule has 1 aliphatic heterocycles. The number of thiazole rings is 1. The van der Waals surface area contributed by atoms with Crippen molar-refractivity contribution in [1.29, 1.82) is 0 Å². The monoisotopic (exact) mass is 414 g/mol. The first-order valence-corrected chi connectivity index (χ1v) is 12.2. The van der Waals surface area contributed by atoms with Crippen LogP contribution < -0.4 is 10.6 Å². The van der Waals surface area contributed by atoms with Crippen molar-refractivity contribution in [2.75, 3.05) is 30.3 Å². The number of likely N-dealkylation sites (tertiary alicyclic amines) is 1. The molecular formula is C22H34N6S. The Bertz CT molecular complexity index is 764. The molecule has 4 rings (SSSR count). The van der Waals surface area contributed by atoms with Crippen LogP contribution in [0, 0.1) is 0 Å². The number of nitrogens with one attached hydrogen (secondary N) is 2. The highest BCUT2D eigenvalue weighted by molar-refractivity contribution is 7.15. The minimum Gasteiger partial charge on any atom is -0.367 e. The SMILES string of the molecule is CCCCNc1ncc(-c2ncc(CN3CCCC3)s2)c(NC2CCCCC2)n1. The topological polar surface area (TPSA) is 66.0 Å².